The molecule has 0 amide bonds. The van der Waals surface area contributed by atoms with E-state index in [1.165, 1.54) is 0 Å². The second kappa shape index (κ2) is 6.86. The third-order valence-electron chi connectivity index (χ3n) is 2.66. The third-order valence-corrected chi connectivity index (χ3v) is 2.66. The lowest BCUT2D eigenvalue weighted by atomic mass is 10.1. The van der Waals surface area contributed by atoms with Crippen molar-refractivity contribution in [3.63, 3.8) is 0 Å². The van der Waals surface area contributed by atoms with Crippen LogP contribution < -0.4 is 9.47 Å². The number of nitrogens with zero attached hydrogens (tertiary/aromatic N) is 2. The first-order valence-corrected chi connectivity index (χ1v) is 6.62. The molecule has 1 aromatic heterocycles. The summed E-state index contributed by atoms with van der Waals surface area (Å²) in [6.45, 7) is 4.67. The van der Waals surface area contributed by atoms with Gasteiger partial charge in [-0.15, -0.1) is 0 Å². The molecule has 0 saturated heterocycles. The van der Waals surface area contributed by atoms with E-state index in [4.69, 9.17) is 9.47 Å². The Morgan fingerprint density at radius 1 is 1.05 bits per heavy atom. The lowest BCUT2D eigenvalue weighted by Gasteiger charge is -2.13. The molecule has 5 nitrogen and oxygen atoms in total. The first kappa shape index (κ1) is 14.3. The molecular weight excluding hydrogens is 256 g/mol. The summed E-state index contributed by atoms with van der Waals surface area (Å²) >= 11 is 0. The molecule has 0 spiro atoms. The Labute approximate surface area is 118 Å². The predicted molar refractivity (Wildman–Crippen MR) is 74.9 cm³/mol. The zero-order valence-electron chi connectivity index (χ0n) is 11.6. The Morgan fingerprint density at radius 3 is 2.40 bits per heavy atom. The molecule has 2 aromatic rings. The molecule has 2 rings (SSSR count). The first-order chi connectivity index (χ1) is 9.74. The SMILES string of the molecule is CCOc1cc(C(O)c2ccccc2)nc(OCC)n1. The van der Waals surface area contributed by atoms with Crippen molar-refractivity contribution in [2.45, 2.75) is 20.0 Å². The van der Waals surface area contributed by atoms with Gasteiger partial charge in [-0.3, -0.25) is 0 Å². The highest BCUT2D eigenvalue weighted by atomic mass is 16.5. The largest absolute Gasteiger partial charge is 0.478 e. The van der Waals surface area contributed by atoms with E-state index in [2.05, 4.69) is 9.97 Å². The Hall–Kier alpha value is -2.14. The maximum absolute atomic E-state index is 10.4. The Morgan fingerprint density at radius 2 is 1.75 bits per heavy atom. The number of hydrogen-bond donors (Lipinski definition) is 1. The molecule has 1 atom stereocenters. The minimum atomic E-state index is -0.836. The van der Waals surface area contributed by atoms with Gasteiger partial charge in [-0.25, -0.2) is 0 Å². The van der Waals surface area contributed by atoms with Gasteiger partial charge in [-0.05, 0) is 19.4 Å². The van der Waals surface area contributed by atoms with Crippen LogP contribution in [-0.2, 0) is 0 Å². The zero-order chi connectivity index (χ0) is 14.4. The van der Waals surface area contributed by atoms with E-state index in [0.29, 0.717) is 24.8 Å². The number of aliphatic hydroxyl groups is 1. The fourth-order valence-corrected chi connectivity index (χ4v) is 1.78. The standard InChI is InChI=1S/C15H18N2O3/c1-3-19-13-10-12(16-15(17-13)20-4-2)14(18)11-8-6-5-7-9-11/h5-10,14,18H,3-4H2,1-2H3. The average molecular weight is 274 g/mol. The van der Waals surface area contributed by atoms with Crippen molar-refractivity contribution >= 4 is 0 Å². The van der Waals surface area contributed by atoms with E-state index >= 15 is 0 Å². The maximum atomic E-state index is 10.4. The van der Waals surface area contributed by atoms with Gasteiger partial charge in [-0.2, -0.15) is 9.97 Å². The van der Waals surface area contributed by atoms with Crippen LogP contribution in [0.4, 0.5) is 0 Å². The zero-order valence-corrected chi connectivity index (χ0v) is 11.6. The minimum Gasteiger partial charge on any atom is -0.478 e. The van der Waals surface area contributed by atoms with Crippen LogP contribution in [0, 0.1) is 0 Å². The van der Waals surface area contributed by atoms with Gasteiger partial charge in [0.25, 0.3) is 0 Å². The summed E-state index contributed by atoms with van der Waals surface area (Å²) in [5.74, 6) is 0.399. The molecule has 106 valence electrons. The van der Waals surface area contributed by atoms with E-state index in [0.717, 1.165) is 5.56 Å². The second-order valence-corrected chi connectivity index (χ2v) is 4.09. The molecule has 1 unspecified atom stereocenters. The fraction of sp³-hybridized carbons (Fsp3) is 0.333. The molecule has 20 heavy (non-hydrogen) atoms. The molecule has 0 aliphatic carbocycles. The van der Waals surface area contributed by atoms with Crippen LogP contribution in [0.15, 0.2) is 36.4 Å². The van der Waals surface area contributed by atoms with Gasteiger partial charge in [0.1, 0.15) is 6.10 Å². The monoisotopic (exact) mass is 274 g/mol. The molecule has 1 aromatic carbocycles. The summed E-state index contributed by atoms with van der Waals surface area (Å²) in [5.41, 5.74) is 1.22. The number of benzene rings is 1. The van der Waals surface area contributed by atoms with Gasteiger partial charge in [0, 0.05) is 6.07 Å². The van der Waals surface area contributed by atoms with Crippen molar-refractivity contribution in [1.82, 2.24) is 9.97 Å². The molecule has 0 fully saturated rings. The molecule has 1 N–H and O–H groups in total. The number of ether oxygens (including phenoxy) is 2. The van der Waals surface area contributed by atoms with Crippen LogP contribution in [0.25, 0.3) is 0 Å². The van der Waals surface area contributed by atoms with E-state index in [-0.39, 0.29) is 6.01 Å². The smallest absolute Gasteiger partial charge is 0.320 e. The summed E-state index contributed by atoms with van der Waals surface area (Å²) in [5, 5.41) is 10.4. The van der Waals surface area contributed by atoms with Gasteiger partial charge in [0.2, 0.25) is 5.88 Å². The summed E-state index contributed by atoms with van der Waals surface area (Å²) in [6, 6.07) is 11.2. The normalized spacial score (nSPS) is 11.9. The van der Waals surface area contributed by atoms with Crippen molar-refractivity contribution in [1.29, 1.82) is 0 Å². The summed E-state index contributed by atoms with van der Waals surface area (Å²) in [4.78, 5) is 8.34. The van der Waals surface area contributed by atoms with E-state index in [1.54, 1.807) is 6.07 Å². The molecular formula is C15H18N2O3. The van der Waals surface area contributed by atoms with Crippen LogP contribution in [0.3, 0.4) is 0 Å². The summed E-state index contributed by atoms with van der Waals surface area (Å²) < 4.78 is 10.7. The van der Waals surface area contributed by atoms with E-state index in [9.17, 15) is 5.11 Å². The lowest BCUT2D eigenvalue weighted by molar-refractivity contribution is 0.209. The van der Waals surface area contributed by atoms with Gasteiger partial charge in [-0.1, -0.05) is 30.3 Å². The summed E-state index contributed by atoms with van der Waals surface area (Å²) in [6.07, 6.45) is -0.836. The fourth-order valence-electron chi connectivity index (χ4n) is 1.78. The number of hydrogen-bond acceptors (Lipinski definition) is 5. The van der Waals surface area contributed by atoms with Crippen LogP contribution in [0.1, 0.15) is 31.2 Å². The van der Waals surface area contributed by atoms with Gasteiger partial charge in [0.15, 0.2) is 0 Å². The van der Waals surface area contributed by atoms with Gasteiger partial charge >= 0.3 is 6.01 Å². The van der Waals surface area contributed by atoms with Crippen LogP contribution in [-0.4, -0.2) is 28.3 Å². The van der Waals surface area contributed by atoms with Crippen LogP contribution in [0.5, 0.6) is 11.9 Å². The molecule has 0 radical (unpaired) electrons. The van der Waals surface area contributed by atoms with Gasteiger partial charge < -0.3 is 14.6 Å². The molecule has 0 aliphatic rings. The molecule has 0 aliphatic heterocycles. The number of aliphatic hydroxyl groups excluding tert-OH is 1. The second-order valence-electron chi connectivity index (χ2n) is 4.09. The van der Waals surface area contributed by atoms with E-state index in [1.807, 2.05) is 44.2 Å². The lowest BCUT2D eigenvalue weighted by Crippen LogP contribution is -2.08. The number of aromatic nitrogens is 2. The van der Waals surface area contributed by atoms with Crippen LogP contribution in [0.2, 0.25) is 0 Å². The highest BCUT2D eigenvalue weighted by Crippen LogP contribution is 2.24. The van der Waals surface area contributed by atoms with Crippen LogP contribution >= 0.6 is 0 Å². The van der Waals surface area contributed by atoms with Gasteiger partial charge in [0.05, 0.1) is 18.9 Å². The predicted octanol–water partition coefficient (Wildman–Crippen LogP) is 2.36. The van der Waals surface area contributed by atoms with Crippen molar-refractivity contribution in [3.05, 3.63) is 47.7 Å². The minimum absolute atomic E-state index is 0.212. The first-order valence-electron chi connectivity index (χ1n) is 6.62. The molecule has 1 heterocycles. The van der Waals surface area contributed by atoms with Crippen molar-refractivity contribution in [3.8, 4) is 11.9 Å². The van der Waals surface area contributed by atoms with Crippen molar-refractivity contribution < 1.29 is 14.6 Å². The Balaban J connectivity index is 2.34. The highest BCUT2D eigenvalue weighted by molar-refractivity contribution is 5.29. The quantitative estimate of drug-likeness (QED) is 0.876. The van der Waals surface area contributed by atoms with E-state index < -0.39 is 6.10 Å². The topological polar surface area (TPSA) is 64.5 Å². The average Bonchev–Trinajstić information content (AvgIpc) is 2.48. The number of rotatable bonds is 6. The third kappa shape index (κ3) is 3.45. The Bertz CT molecular complexity index is 522. The van der Waals surface area contributed by atoms with Crippen molar-refractivity contribution in [2.75, 3.05) is 13.2 Å². The highest BCUT2D eigenvalue weighted by Gasteiger charge is 2.15. The summed E-state index contributed by atoms with van der Waals surface area (Å²) in [7, 11) is 0. The van der Waals surface area contributed by atoms with Crippen molar-refractivity contribution in [2.24, 2.45) is 0 Å². The molecule has 0 saturated carbocycles. The Kier molecular flexibility index (Phi) is 4.90. The maximum Gasteiger partial charge on any atom is 0.320 e. The molecule has 5 heteroatoms. The molecule has 0 bridgehead atoms.